The van der Waals surface area contributed by atoms with E-state index in [4.69, 9.17) is 4.74 Å². The molecule has 8 nitrogen and oxygen atoms in total. The van der Waals surface area contributed by atoms with E-state index in [0.29, 0.717) is 6.54 Å². The summed E-state index contributed by atoms with van der Waals surface area (Å²) >= 11 is 0. The van der Waals surface area contributed by atoms with Gasteiger partial charge >= 0.3 is 0 Å². The van der Waals surface area contributed by atoms with Crippen molar-refractivity contribution < 1.29 is 13.2 Å². The fraction of sp³-hybridized carbons (Fsp3) is 0.632. The lowest BCUT2D eigenvalue weighted by atomic mass is 10.1. The van der Waals surface area contributed by atoms with Gasteiger partial charge in [-0.1, -0.05) is 0 Å². The molecule has 1 aromatic carbocycles. The van der Waals surface area contributed by atoms with E-state index in [1.807, 2.05) is 32.9 Å². The molecule has 1 aliphatic heterocycles. The number of nitrogens with zero attached hydrogens (tertiary/aromatic N) is 3. The maximum atomic E-state index is 11.5. The highest BCUT2D eigenvalue weighted by Crippen LogP contribution is 2.20. The van der Waals surface area contributed by atoms with Crippen LogP contribution >= 0.6 is 0 Å². The van der Waals surface area contributed by atoms with Crippen molar-refractivity contribution in [1.82, 2.24) is 14.9 Å². The van der Waals surface area contributed by atoms with Crippen LogP contribution in [0.2, 0.25) is 0 Å². The number of benzene rings is 1. The molecular formula is C19H33N5O3S. The number of anilines is 1. The highest BCUT2D eigenvalue weighted by molar-refractivity contribution is 7.88. The SMILES string of the molecule is CCNC(=NCC(C)(C)NS(C)(=O)=O)N1CCN(c2ccc(OC)cc2)CC1. The van der Waals surface area contributed by atoms with Crippen molar-refractivity contribution in [3.05, 3.63) is 24.3 Å². The molecule has 0 radical (unpaired) electrons. The Morgan fingerprint density at radius 3 is 2.29 bits per heavy atom. The number of nitrogens with one attached hydrogen (secondary N) is 2. The quantitative estimate of drug-likeness (QED) is 0.516. The molecule has 0 amide bonds. The molecule has 2 rings (SSSR count). The summed E-state index contributed by atoms with van der Waals surface area (Å²) in [7, 11) is -1.61. The van der Waals surface area contributed by atoms with E-state index in [2.05, 4.69) is 37.0 Å². The second-order valence-corrected chi connectivity index (χ2v) is 9.35. The zero-order valence-corrected chi connectivity index (χ0v) is 18.3. The number of hydrogen-bond donors (Lipinski definition) is 2. The highest BCUT2D eigenvalue weighted by Gasteiger charge is 2.24. The number of methoxy groups -OCH3 is 1. The Labute approximate surface area is 169 Å². The van der Waals surface area contributed by atoms with E-state index in [-0.39, 0.29) is 0 Å². The van der Waals surface area contributed by atoms with E-state index >= 15 is 0 Å². The van der Waals surface area contributed by atoms with Crippen LogP contribution in [0.3, 0.4) is 0 Å². The normalized spacial score (nSPS) is 16.2. The number of hydrogen-bond acceptors (Lipinski definition) is 5. The third-order valence-corrected chi connectivity index (χ3v) is 5.36. The van der Waals surface area contributed by atoms with Crippen LogP contribution in [0.4, 0.5) is 5.69 Å². The Balaban J connectivity index is 1.99. The molecule has 0 bridgehead atoms. The van der Waals surface area contributed by atoms with Crippen LogP contribution in [0, 0.1) is 0 Å². The minimum atomic E-state index is -3.28. The Kier molecular flexibility index (Phi) is 7.54. The second kappa shape index (κ2) is 9.47. The molecule has 0 atom stereocenters. The highest BCUT2D eigenvalue weighted by atomic mass is 32.2. The lowest BCUT2D eigenvalue weighted by molar-refractivity contribution is 0.369. The lowest BCUT2D eigenvalue weighted by Gasteiger charge is -2.38. The molecule has 1 aromatic rings. The average molecular weight is 412 g/mol. The van der Waals surface area contributed by atoms with Crippen molar-refractivity contribution in [2.45, 2.75) is 26.3 Å². The Morgan fingerprint density at radius 2 is 1.79 bits per heavy atom. The summed E-state index contributed by atoms with van der Waals surface area (Å²) in [6, 6.07) is 8.11. The fourth-order valence-corrected chi connectivity index (χ4v) is 4.27. The van der Waals surface area contributed by atoms with Gasteiger partial charge in [0.25, 0.3) is 0 Å². The van der Waals surface area contributed by atoms with Crippen molar-refractivity contribution in [3.8, 4) is 5.75 Å². The number of rotatable bonds is 7. The standard InChI is InChI=1S/C19H33N5O3S/c1-6-20-18(21-15-19(2,3)22-28(5,25)26)24-13-11-23(12-14-24)16-7-9-17(27-4)10-8-16/h7-10,22H,6,11-15H2,1-5H3,(H,20,21). The van der Waals surface area contributed by atoms with Crippen LogP contribution in [0.5, 0.6) is 5.75 Å². The van der Waals surface area contributed by atoms with Gasteiger partial charge in [-0.15, -0.1) is 0 Å². The third-order valence-electron chi connectivity index (χ3n) is 4.44. The summed E-state index contributed by atoms with van der Waals surface area (Å²) in [4.78, 5) is 9.25. The van der Waals surface area contributed by atoms with Crippen molar-refractivity contribution in [2.24, 2.45) is 4.99 Å². The maximum absolute atomic E-state index is 11.5. The number of aliphatic imine (C=N–C) groups is 1. The second-order valence-electron chi connectivity index (χ2n) is 7.60. The number of guanidine groups is 1. The van der Waals surface area contributed by atoms with Crippen LogP contribution in [0.25, 0.3) is 0 Å². The topological polar surface area (TPSA) is 86.3 Å². The Morgan fingerprint density at radius 1 is 1.18 bits per heavy atom. The molecule has 0 aromatic heterocycles. The van der Waals surface area contributed by atoms with Crippen LogP contribution in [-0.4, -0.2) is 77.5 Å². The van der Waals surface area contributed by atoms with Gasteiger partial charge < -0.3 is 19.9 Å². The van der Waals surface area contributed by atoms with Gasteiger partial charge in [-0.2, -0.15) is 0 Å². The van der Waals surface area contributed by atoms with Gasteiger partial charge in [-0.05, 0) is 45.0 Å². The number of sulfonamides is 1. The van der Waals surface area contributed by atoms with Crippen molar-refractivity contribution in [3.63, 3.8) is 0 Å². The minimum absolute atomic E-state index is 0.362. The van der Waals surface area contributed by atoms with Gasteiger partial charge in [0.2, 0.25) is 10.0 Å². The van der Waals surface area contributed by atoms with E-state index in [1.165, 1.54) is 11.9 Å². The van der Waals surface area contributed by atoms with Crippen molar-refractivity contribution in [2.75, 3.05) is 57.5 Å². The molecule has 28 heavy (non-hydrogen) atoms. The summed E-state index contributed by atoms with van der Waals surface area (Å²) in [6.45, 7) is 10.3. The molecule has 0 saturated carbocycles. The largest absolute Gasteiger partial charge is 0.497 e. The van der Waals surface area contributed by atoms with Gasteiger partial charge in [0.05, 0.1) is 19.9 Å². The summed E-state index contributed by atoms with van der Waals surface area (Å²) in [5.74, 6) is 1.68. The first-order valence-electron chi connectivity index (χ1n) is 9.55. The first-order chi connectivity index (χ1) is 13.1. The predicted octanol–water partition coefficient (Wildman–Crippen LogP) is 1.11. The minimum Gasteiger partial charge on any atom is -0.497 e. The summed E-state index contributed by atoms with van der Waals surface area (Å²) in [5.41, 5.74) is 0.542. The number of piperazine rings is 1. The van der Waals surface area contributed by atoms with Crippen LogP contribution in [-0.2, 0) is 10.0 Å². The van der Waals surface area contributed by atoms with E-state index in [1.54, 1.807) is 7.11 Å². The molecule has 1 saturated heterocycles. The molecule has 1 fully saturated rings. The Hall–Kier alpha value is -2.00. The molecule has 0 spiro atoms. The van der Waals surface area contributed by atoms with Gasteiger partial charge in [0.1, 0.15) is 5.75 Å². The lowest BCUT2D eigenvalue weighted by Crippen LogP contribution is -2.53. The molecule has 0 aliphatic carbocycles. The summed E-state index contributed by atoms with van der Waals surface area (Å²) in [5, 5.41) is 3.32. The van der Waals surface area contributed by atoms with E-state index < -0.39 is 15.6 Å². The van der Waals surface area contributed by atoms with Crippen molar-refractivity contribution >= 4 is 21.7 Å². The first-order valence-corrected chi connectivity index (χ1v) is 11.4. The number of ether oxygens (including phenoxy) is 1. The van der Waals surface area contributed by atoms with E-state index in [0.717, 1.165) is 44.4 Å². The predicted molar refractivity (Wildman–Crippen MR) is 115 cm³/mol. The molecule has 1 heterocycles. The smallest absolute Gasteiger partial charge is 0.209 e. The van der Waals surface area contributed by atoms with Crippen LogP contribution < -0.4 is 19.7 Å². The molecule has 0 unspecified atom stereocenters. The monoisotopic (exact) mass is 411 g/mol. The van der Waals surface area contributed by atoms with Crippen molar-refractivity contribution in [1.29, 1.82) is 0 Å². The summed E-state index contributed by atoms with van der Waals surface area (Å²) in [6.07, 6.45) is 1.17. The van der Waals surface area contributed by atoms with Crippen LogP contribution in [0.15, 0.2) is 29.3 Å². The maximum Gasteiger partial charge on any atom is 0.209 e. The average Bonchev–Trinajstić information content (AvgIpc) is 2.63. The van der Waals surface area contributed by atoms with Gasteiger partial charge in [-0.3, -0.25) is 4.99 Å². The molecule has 1 aliphatic rings. The zero-order valence-electron chi connectivity index (χ0n) is 17.5. The van der Waals surface area contributed by atoms with Crippen LogP contribution in [0.1, 0.15) is 20.8 Å². The molecule has 2 N–H and O–H groups in total. The fourth-order valence-electron chi connectivity index (χ4n) is 3.20. The third kappa shape index (κ3) is 6.87. The summed E-state index contributed by atoms with van der Waals surface area (Å²) < 4.78 is 30.9. The molecular weight excluding hydrogens is 378 g/mol. The van der Waals surface area contributed by atoms with Gasteiger partial charge in [-0.25, -0.2) is 13.1 Å². The molecule has 9 heteroatoms. The first kappa shape index (κ1) is 22.3. The van der Waals surface area contributed by atoms with Gasteiger partial charge in [0.15, 0.2) is 5.96 Å². The van der Waals surface area contributed by atoms with E-state index in [9.17, 15) is 8.42 Å². The molecule has 158 valence electrons. The van der Waals surface area contributed by atoms with Gasteiger partial charge in [0, 0.05) is 44.0 Å². The Bertz CT molecular complexity index is 754. The zero-order chi connectivity index (χ0) is 20.8.